The molecule has 228 valence electrons. The predicted molar refractivity (Wildman–Crippen MR) is 155 cm³/mol. The maximum atomic E-state index is 12.9. The van der Waals surface area contributed by atoms with Crippen molar-refractivity contribution in [2.24, 2.45) is 17.6 Å². The molecule has 3 unspecified atom stereocenters. The third-order valence-electron chi connectivity index (χ3n) is 7.31. The Balaban J connectivity index is 2.71. The zero-order valence-electron chi connectivity index (χ0n) is 25.0. The minimum absolute atomic E-state index is 0.0325. The fourth-order valence-electron chi connectivity index (χ4n) is 5.24. The Hall–Kier alpha value is -3.38. The lowest BCUT2D eigenvalue weighted by atomic mass is 9.86. The number of amides is 2. The number of benzene rings is 1. The van der Waals surface area contributed by atoms with Crippen LogP contribution in [-0.2, 0) is 28.5 Å². The van der Waals surface area contributed by atoms with Gasteiger partial charge in [-0.1, -0.05) is 38.2 Å². The van der Waals surface area contributed by atoms with E-state index in [2.05, 4.69) is 5.32 Å². The van der Waals surface area contributed by atoms with E-state index in [1.54, 1.807) is 46.3 Å². The third-order valence-corrected chi connectivity index (χ3v) is 7.31. The van der Waals surface area contributed by atoms with Crippen LogP contribution in [0, 0.1) is 11.8 Å². The fourth-order valence-corrected chi connectivity index (χ4v) is 5.24. The smallest absolute Gasteiger partial charge is 0.405 e. The molecule has 0 spiro atoms. The SMILES string of the molecule is COC1c2cc(O)cc(c2O)NC(=O)/C(C)=C\C=C\[C@H](OC)C(OC(N)=O)/C(C)=C/[C@H](C)[C@@H](OC)C(OC)C[C@@H]1C. The molecule has 1 heterocycles. The zero-order chi connectivity index (χ0) is 30.9. The maximum absolute atomic E-state index is 12.9. The average molecular weight is 577 g/mol. The summed E-state index contributed by atoms with van der Waals surface area (Å²) in [7, 11) is 6.15. The molecule has 0 radical (unpaired) electrons. The molecule has 0 saturated heterocycles. The zero-order valence-corrected chi connectivity index (χ0v) is 25.0. The Morgan fingerprint density at radius 2 is 1.68 bits per heavy atom. The lowest BCUT2D eigenvalue weighted by Crippen LogP contribution is -2.38. The number of primary amides is 1. The van der Waals surface area contributed by atoms with Gasteiger partial charge in [0, 0.05) is 51.6 Å². The summed E-state index contributed by atoms with van der Waals surface area (Å²) in [5.74, 6) is -1.30. The number of rotatable bonds is 5. The number of carbonyl (C=O) groups is 2. The van der Waals surface area contributed by atoms with Crippen molar-refractivity contribution < 1.29 is 43.5 Å². The summed E-state index contributed by atoms with van der Waals surface area (Å²) < 4.78 is 28.6. The van der Waals surface area contributed by atoms with E-state index < -0.39 is 42.5 Å². The second-order valence-corrected chi connectivity index (χ2v) is 10.3. The molecule has 7 atom stereocenters. The molecule has 0 aliphatic carbocycles. The van der Waals surface area contributed by atoms with E-state index in [4.69, 9.17) is 29.4 Å². The molecule has 0 fully saturated rings. The van der Waals surface area contributed by atoms with Crippen LogP contribution in [-0.4, -0.2) is 75.1 Å². The number of phenols is 2. The number of anilines is 1. The van der Waals surface area contributed by atoms with E-state index in [9.17, 15) is 19.8 Å². The molecule has 11 nitrogen and oxygen atoms in total. The van der Waals surface area contributed by atoms with Gasteiger partial charge in [0.2, 0.25) is 0 Å². The average Bonchev–Trinajstić information content (AvgIpc) is 2.91. The van der Waals surface area contributed by atoms with E-state index in [0.29, 0.717) is 23.1 Å². The summed E-state index contributed by atoms with van der Waals surface area (Å²) in [5, 5.41) is 24.2. The molecule has 5 N–H and O–H groups in total. The van der Waals surface area contributed by atoms with E-state index in [1.165, 1.54) is 26.4 Å². The predicted octanol–water partition coefficient (Wildman–Crippen LogP) is 4.36. The van der Waals surface area contributed by atoms with Crippen LogP contribution < -0.4 is 11.1 Å². The lowest BCUT2D eigenvalue weighted by molar-refractivity contribution is -0.112. The van der Waals surface area contributed by atoms with Gasteiger partial charge in [-0.15, -0.1) is 0 Å². The van der Waals surface area contributed by atoms with Crippen LogP contribution in [0.3, 0.4) is 0 Å². The number of nitrogens with two attached hydrogens (primary N) is 1. The molecule has 41 heavy (non-hydrogen) atoms. The number of phenolic OH excluding ortho intramolecular Hbond substituents is 2. The number of ether oxygens (including phenoxy) is 5. The van der Waals surface area contributed by atoms with Gasteiger partial charge in [-0.2, -0.15) is 0 Å². The van der Waals surface area contributed by atoms with Crippen LogP contribution in [0.1, 0.15) is 45.8 Å². The molecule has 1 aromatic carbocycles. The summed E-state index contributed by atoms with van der Waals surface area (Å²) in [6.07, 6.45) is 3.14. The number of hydrogen-bond donors (Lipinski definition) is 4. The van der Waals surface area contributed by atoms with Crippen molar-refractivity contribution in [1.29, 1.82) is 0 Å². The highest BCUT2D eigenvalue weighted by Gasteiger charge is 2.33. The topological polar surface area (TPSA) is 159 Å². The number of aromatic hydroxyl groups is 2. The Bertz CT molecular complexity index is 1150. The van der Waals surface area contributed by atoms with Crippen molar-refractivity contribution in [1.82, 2.24) is 0 Å². The van der Waals surface area contributed by atoms with Crippen LogP contribution >= 0.6 is 0 Å². The number of allylic oxidation sites excluding steroid dienone is 2. The van der Waals surface area contributed by atoms with Crippen LogP contribution in [0.5, 0.6) is 11.5 Å². The van der Waals surface area contributed by atoms with Gasteiger partial charge in [-0.05, 0) is 37.8 Å². The van der Waals surface area contributed by atoms with Gasteiger partial charge < -0.3 is 44.9 Å². The molecule has 1 aliphatic heterocycles. The molecule has 1 aliphatic rings. The molecule has 0 aromatic heterocycles. The molecule has 2 bridgehead atoms. The molecule has 2 amide bonds. The molecule has 1 aromatic rings. The van der Waals surface area contributed by atoms with Crippen molar-refractivity contribution in [3.63, 3.8) is 0 Å². The van der Waals surface area contributed by atoms with Gasteiger partial charge in [-0.3, -0.25) is 4.79 Å². The van der Waals surface area contributed by atoms with Crippen molar-refractivity contribution >= 4 is 17.7 Å². The van der Waals surface area contributed by atoms with Gasteiger partial charge >= 0.3 is 6.09 Å². The Morgan fingerprint density at radius 1 is 1.00 bits per heavy atom. The first-order valence-electron chi connectivity index (χ1n) is 13.4. The highest BCUT2D eigenvalue weighted by molar-refractivity contribution is 6.04. The first kappa shape index (κ1) is 33.8. The standard InChI is InChI=1S/C30H44N2O9/c1-16-10-9-11-23(37-5)28(41-30(31)36)18(3)12-17(2)27(40-8)24(38-6)13-19(4)26(39-7)21-14-20(33)15-22(25(21)34)32-29(16)35/h9-12,14-15,17,19,23-24,26-28,33-34H,13H2,1-8H3,(H2,31,36)(H,32,35)/b11-9+,16-10-,18-12+/t17-,19-,23-,24?,26?,27+,28?/m0/s1. The van der Waals surface area contributed by atoms with Gasteiger partial charge in [0.1, 0.15) is 17.6 Å². The Morgan fingerprint density at radius 3 is 2.24 bits per heavy atom. The molecule has 2 rings (SSSR count). The first-order chi connectivity index (χ1) is 19.4. The van der Waals surface area contributed by atoms with E-state index in [1.807, 2.05) is 19.9 Å². The summed E-state index contributed by atoms with van der Waals surface area (Å²) >= 11 is 0. The van der Waals surface area contributed by atoms with Crippen LogP contribution in [0.25, 0.3) is 0 Å². The third kappa shape index (κ3) is 8.80. The largest absolute Gasteiger partial charge is 0.508 e. The summed E-state index contributed by atoms with van der Waals surface area (Å²) in [4.78, 5) is 24.7. The molecule has 0 saturated carbocycles. The fraction of sp³-hybridized carbons (Fsp3) is 0.533. The quantitative estimate of drug-likeness (QED) is 0.227. The van der Waals surface area contributed by atoms with Crippen LogP contribution in [0.2, 0.25) is 0 Å². The van der Waals surface area contributed by atoms with Gasteiger partial charge in [0.05, 0.1) is 24.0 Å². The van der Waals surface area contributed by atoms with Crippen LogP contribution in [0.4, 0.5) is 10.5 Å². The van der Waals surface area contributed by atoms with Crippen molar-refractivity contribution in [2.45, 2.75) is 64.6 Å². The van der Waals surface area contributed by atoms with E-state index in [-0.39, 0.29) is 29.0 Å². The lowest BCUT2D eigenvalue weighted by Gasteiger charge is -2.33. The number of nitrogens with one attached hydrogen (secondary N) is 1. The first-order valence-corrected chi connectivity index (χ1v) is 13.4. The highest BCUT2D eigenvalue weighted by Crippen LogP contribution is 2.41. The van der Waals surface area contributed by atoms with Crippen molar-refractivity contribution in [3.8, 4) is 11.5 Å². The second kappa shape index (κ2) is 15.6. The van der Waals surface area contributed by atoms with Crippen molar-refractivity contribution in [3.05, 3.63) is 53.1 Å². The normalized spacial score (nSPS) is 31.7. The van der Waals surface area contributed by atoms with E-state index in [0.717, 1.165) is 0 Å². The Labute approximate surface area is 241 Å². The minimum atomic E-state index is -0.961. The van der Waals surface area contributed by atoms with Crippen molar-refractivity contribution in [2.75, 3.05) is 33.8 Å². The summed E-state index contributed by atoms with van der Waals surface area (Å²) in [6, 6.07) is 2.68. The Kier molecular flexibility index (Phi) is 12.8. The van der Waals surface area contributed by atoms with E-state index >= 15 is 0 Å². The number of methoxy groups -OCH3 is 4. The molecule has 11 heteroatoms. The summed E-state index contributed by atoms with van der Waals surface area (Å²) in [5.41, 5.74) is 6.71. The van der Waals surface area contributed by atoms with Gasteiger partial charge in [0.25, 0.3) is 5.91 Å². The molecular formula is C30H44N2O9. The van der Waals surface area contributed by atoms with Crippen LogP contribution in [0.15, 0.2) is 47.6 Å². The number of fused-ring (bicyclic) bond motifs is 2. The number of carbonyl (C=O) groups excluding carboxylic acids is 2. The summed E-state index contributed by atoms with van der Waals surface area (Å²) in [6.45, 7) is 7.29. The second-order valence-electron chi connectivity index (χ2n) is 10.3. The maximum Gasteiger partial charge on any atom is 0.405 e. The molecular weight excluding hydrogens is 532 g/mol. The minimum Gasteiger partial charge on any atom is -0.508 e. The monoisotopic (exact) mass is 576 g/mol. The van der Waals surface area contributed by atoms with Gasteiger partial charge in [0.15, 0.2) is 6.10 Å². The van der Waals surface area contributed by atoms with Gasteiger partial charge in [-0.25, -0.2) is 4.79 Å². The highest BCUT2D eigenvalue weighted by atomic mass is 16.6. The number of hydrogen-bond acceptors (Lipinski definition) is 9.